The van der Waals surface area contributed by atoms with Gasteiger partial charge >= 0.3 is 0 Å². The smallest absolute Gasteiger partial charge is 0.272 e. The molecule has 0 spiro atoms. The van der Waals surface area contributed by atoms with E-state index in [-0.39, 0.29) is 5.56 Å². The first-order valence-electron chi connectivity index (χ1n) is 6.76. The topological polar surface area (TPSA) is 44.1 Å². The summed E-state index contributed by atoms with van der Waals surface area (Å²) in [4.78, 5) is 16.9. The third kappa shape index (κ3) is 2.52. The number of rotatable bonds is 3. The zero-order chi connectivity index (χ0) is 14.8. The number of nitrogens with zero attached hydrogens (tertiary/aromatic N) is 2. The van der Waals surface area contributed by atoms with Crippen molar-refractivity contribution in [3.05, 3.63) is 70.1 Å². The van der Waals surface area contributed by atoms with Crippen molar-refractivity contribution < 1.29 is 4.74 Å². The molecule has 0 saturated carbocycles. The van der Waals surface area contributed by atoms with Gasteiger partial charge in [-0.2, -0.15) is 0 Å². The average molecular weight is 280 g/mol. The molecule has 3 aromatic rings. The maximum atomic E-state index is 12.4. The van der Waals surface area contributed by atoms with Gasteiger partial charge < -0.3 is 9.30 Å². The van der Waals surface area contributed by atoms with Crippen LogP contribution in [0.3, 0.4) is 0 Å². The molecule has 4 heteroatoms. The summed E-state index contributed by atoms with van der Waals surface area (Å²) in [6.07, 6.45) is 0.495. The van der Waals surface area contributed by atoms with Gasteiger partial charge in [-0.3, -0.25) is 4.79 Å². The highest BCUT2D eigenvalue weighted by Gasteiger charge is 2.09. The molecular weight excluding hydrogens is 264 g/mol. The van der Waals surface area contributed by atoms with Crippen molar-refractivity contribution in [2.24, 2.45) is 7.05 Å². The molecule has 0 saturated heterocycles. The molecule has 0 radical (unpaired) electrons. The average Bonchev–Trinajstić information content (AvgIpc) is 2.52. The quantitative estimate of drug-likeness (QED) is 0.740. The second-order valence-corrected chi connectivity index (χ2v) is 4.94. The Morgan fingerprint density at radius 2 is 1.95 bits per heavy atom. The first kappa shape index (κ1) is 13.4. The van der Waals surface area contributed by atoms with E-state index >= 15 is 0 Å². The highest BCUT2D eigenvalue weighted by molar-refractivity contribution is 5.74. The Morgan fingerprint density at radius 1 is 1.14 bits per heavy atom. The molecule has 2 aromatic carbocycles. The molecule has 0 aliphatic carbocycles. The minimum atomic E-state index is -0.0588. The number of aryl methyl sites for hydroxylation is 1. The molecule has 0 unspecified atom stereocenters. The first-order valence-corrected chi connectivity index (χ1v) is 6.76. The van der Waals surface area contributed by atoms with Crippen molar-refractivity contribution in [2.45, 2.75) is 6.42 Å². The summed E-state index contributed by atoms with van der Waals surface area (Å²) in [6.45, 7) is 0. The van der Waals surface area contributed by atoms with Gasteiger partial charge in [-0.25, -0.2) is 4.98 Å². The predicted octanol–water partition coefficient (Wildman–Crippen LogP) is 2.53. The maximum absolute atomic E-state index is 12.4. The third-order valence-electron chi connectivity index (χ3n) is 3.56. The van der Waals surface area contributed by atoms with Gasteiger partial charge in [0, 0.05) is 13.5 Å². The van der Waals surface area contributed by atoms with E-state index in [0.29, 0.717) is 12.1 Å². The largest absolute Gasteiger partial charge is 0.497 e. The second kappa shape index (κ2) is 5.40. The minimum absolute atomic E-state index is 0.0588. The Balaban J connectivity index is 2.08. The van der Waals surface area contributed by atoms with Crippen LogP contribution in [0.4, 0.5) is 0 Å². The maximum Gasteiger partial charge on any atom is 0.272 e. The molecular formula is C17H16N2O2. The van der Waals surface area contributed by atoms with Gasteiger partial charge in [0.1, 0.15) is 11.4 Å². The fourth-order valence-corrected chi connectivity index (χ4v) is 2.43. The van der Waals surface area contributed by atoms with E-state index in [1.54, 1.807) is 18.7 Å². The fraction of sp³-hybridized carbons (Fsp3) is 0.176. The van der Waals surface area contributed by atoms with Crippen LogP contribution >= 0.6 is 0 Å². The molecule has 1 heterocycles. The highest BCUT2D eigenvalue weighted by Crippen LogP contribution is 2.15. The molecule has 3 rings (SSSR count). The molecule has 0 fully saturated rings. The van der Waals surface area contributed by atoms with Crippen molar-refractivity contribution in [3.8, 4) is 5.75 Å². The van der Waals surface area contributed by atoms with E-state index in [1.165, 1.54) is 0 Å². The van der Waals surface area contributed by atoms with Crippen LogP contribution in [-0.4, -0.2) is 16.7 Å². The Hall–Kier alpha value is -2.62. The number of fused-ring (bicyclic) bond motifs is 1. The molecule has 4 nitrogen and oxygen atoms in total. The van der Waals surface area contributed by atoms with Gasteiger partial charge in [0.05, 0.1) is 18.1 Å². The minimum Gasteiger partial charge on any atom is -0.497 e. The lowest BCUT2D eigenvalue weighted by Gasteiger charge is -2.08. The van der Waals surface area contributed by atoms with Crippen LogP contribution in [0, 0.1) is 0 Å². The van der Waals surface area contributed by atoms with E-state index in [4.69, 9.17) is 4.74 Å². The van der Waals surface area contributed by atoms with Crippen LogP contribution in [0.25, 0.3) is 11.0 Å². The van der Waals surface area contributed by atoms with Crippen LogP contribution in [0.1, 0.15) is 11.3 Å². The molecule has 0 atom stereocenters. The Labute approximate surface area is 122 Å². The normalized spacial score (nSPS) is 10.8. The number of ether oxygens (including phenoxy) is 1. The van der Waals surface area contributed by atoms with E-state index < -0.39 is 0 Å². The zero-order valence-electron chi connectivity index (χ0n) is 12.0. The van der Waals surface area contributed by atoms with Crippen LogP contribution in [-0.2, 0) is 13.5 Å². The predicted molar refractivity (Wildman–Crippen MR) is 82.8 cm³/mol. The van der Waals surface area contributed by atoms with Crippen LogP contribution < -0.4 is 10.3 Å². The van der Waals surface area contributed by atoms with Gasteiger partial charge in [-0.05, 0) is 29.8 Å². The molecule has 0 bridgehead atoms. The lowest BCUT2D eigenvalue weighted by Crippen LogP contribution is -2.23. The SMILES string of the molecule is COc1cccc(Cc2nc3ccccc3n(C)c2=O)c1. The number of methoxy groups -OCH3 is 1. The molecule has 0 aliphatic heterocycles. The lowest BCUT2D eigenvalue weighted by molar-refractivity contribution is 0.414. The Kier molecular flexibility index (Phi) is 3.44. The van der Waals surface area contributed by atoms with Crippen LogP contribution in [0.2, 0.25) is 0 Å². The van der Waals surface area contributed by atoms with E-state index in [0.717, 1.165) is 22.3 Å². The summed E-state index contributed by atoms with van der Waals surface area (Å²) in [5.41, 5.74) is 3.17. The van der Waals surface area contributed by atoms with Crippen molar-refractivity contribution in [1.82, 2.24) is 9.55 Å². The number of hydrogen-bond donors (Lipinski definition) is 0. The summed E-state index contributed by atoms with van der Waals surface area (Å²) >= 11 is 0. The zero-order valence-corrected chi connectivity index (χ0v) is 12.0. The fourth-order valence-electron chi connectivity index (χ4n) is 2.43. The molecule has 106 valence electrons. The number of para-hydroxylation sites is 2. The molecule has 0 amide bonds. The second-order valence-electron chi connectivity index (χ2n) is 4.94. The van der Waals surface area contributed by atoms with Gasteiger partial charge in [-0.15, -0.1) is 0 Å². The summed E-state index contributed by atoms with van der Waals surface area (Å²) < 4.78 is 6.86. The van der Waals surface area contributed by atoms with Gasteiger partial charge in [0.2, 0.25) is 0 Å². The van der Waals surface area contributed by atoms with Crippen molar-refractivity contribution in [2.75, 3.05) is 7.11 Å². The van der Waals surface area contributed by atoms with Crippen molar-refractivity contribution >= 4 is 11.0 Å². The van der Waals surface area contributed by atoms with Gasteiger partial charge in [0.15, 0.2) is 0 Å². The Bertz CT molecular complexity index is 853. The van der Waals surface area contributed by atoms with Crippen molar-refractivity contribution in [3.63, 3.8) is 0 Å². The number of benzene rings is 2. The monoisotopic (exact) mass is 280 g/mol. The molecule has 0 N–H and O–H groups in total. The highest BCUT2D eigenvalue weighted by atomic mass is 16.5. The third-order valence-corrected chi connectivity index (χ3v) is 3.56. The molecule has 0 aliphatic rings. The summed E-state index contributed by atoms with van der Waals surface area (Å²) in [6, 6.07) is 15.4. The van der Waals surface area contributed by atoms with E-state index in [9.17, 15) is 4.79 Å². The molecule has 1 aromatic heterocycles. The van der Waals surface area contributed by atoms with Gasteiger partial charge in [0.25, 0.3) is 5.56 Å². The summed E-state index contributed by atoms with van der Waals surface area (Å²) in [5, 5.41) is 0. The van der Waals surface area contributed by atoms with E-state index in [1.807, 2.05) is 48.5 Å². The number of hydrogen-bond acceptors (Lipinski definition) is 3. The lowest BCUT2D eigenvalue weighted by atomic mass is 10.1. The van der Waals surface area contributed by atoms with Gasteiger partial charge in [-0.1, -0.05) is 24.3 Å². The summed E-state index contributed by atoms with van der Waals surface area (Å²) in [5.74, 6) is 0.783. The standard InChI is InChI=1S/C17H16N2O2/c1-19-16-9-4-3-8-14(16)18-15(17(19)20)11-12-6-5-7-13(10-12)21-2/h3-10H,11H2,1-2H3. The van der Waals surface area contributed by atoms with E-state index in [2.05, 4.69) is 4.98 Å². The first-order chi connectivity index (χ1) is 10.2. The number of aromatic nitrogens is 2. The van der Waals surface area contributed by atoms with Crippen LogP contribution in [0.15, 0.2) is 53.3 Å². The summed E-state index contributed by atoms with van der Waals surface area (Å²) in [7, 11) is 3.41. The van der Waals surface area contributed by atoms with Crippen molar-refractivity contribution in [1.29, 1.82) is 0 Å². The molecule has 21 heavy (non-hydrogen) atoms. The van der Waals surface area contributed by atoms with Crippen LogP contribution in [0.5, 0.6) is 5.75 Å². The Morgan fingerprint density at radius 3 is 2.76 bits per heavy atom.